The smallest absolute Gasteiger partial charge is 0.226 e. The molecule has 4 heterocycles. The van der Waals surface area contributed by atoms with Crippen LogP contribution < -0.4 is 0 Å². The number of imidazole rings is 2. The highest BCUT2D eigenvalue weighted by Crippen LogP contribution is 2.45. The monoisotopic (exact) mass is 396 g/mol. The van der Waals surface area contributed by atoms with Gasteiger partial charge in [-0.3, -0.25) is 9.69 Å². The molecule has 2 fully saturated rings. The minimum Gasteiger partial charge on any atom is -0.348 e. The fourth-order valence-electron chi connectivity index (χ4n) is 5.14. The lowest BCUT2D eigenvalue weighted by Crippen LogP contribution is -2.58. The SMILES string of the molecule is CCCCc1ncc(CN2CCC3(CC2)c2nc[nH]c2CCN3C(=O)C2CC2)[nH]1. The Hall–Kier alpha value is -2.15. The summed E-state index contributed by atoms with van der Waals surface area (Å²) in [6, 6.07) is 0. The summed E-state index contributed by atoms with van der Waals surface area (Å²) in [5.74, 6) is 1.73. The molecule has 1 saturated carbocycles. The fraction of sp³-hybridized carbons (Fsp3) is 0.682. The molecule has 2 aliphatic heterocycles. The molecular weight excluding hydrogens is 364 g/mol. The van der Waals surface area contributed by atoms with Crippen LogP contribution in [0.3, 0.4) is 0 Å². The van der Waals surface area contributed by atoms with E-state index in [0.717, 1.165) is 76.2 Å². The fourth-order valence-corrected chi connectivity index (χ4v) is 5.14. The Morgan fingerprint density at radius 3 is 2.83 bits per heavy atom. The first-order valence-electron chi connectivity index (χ1n) is 11.3. The first-order valence-corrected chi connectivity index (χ1v) is 11.3. The summed E-state index contributed by atoms with van der Waals surface area (Å²) in [4.78, 5) is 33.8. The van der Waals surface area contributed by atoms with E-state index in [4.69, 9.17) is 4.98 Å². The number of hydrogen-bond donors (Lipinski definition) is 2. The Morgan fingerprint density at radius 1 is 1.24 bits per heavy atom. The third-order valence-corrected chi connectivity index (χ3v) is 6.98. The maximum atomic E-state index is 13.1. The number of fused-ring (bicyclic) bond motifs is 2. The number of aromatic nitrogens is 4. The molecule has 1 spiro atoms. The van der Waals surface area contributed by atoms with Gasteiger partial charge in [0.25, 0.3) is 0 Å². The lowest BCUT2D eigenvalue weighted by atomic mass is 9.78. The third-order valence-electron chi connectivity index (χ3n) is 6.98. The van der Waals surface area contributed by atoms with Crippen molar-refractivity contribution in [1.82, 2.24) is 29.7 Å². The zero-order chi connectivity index (χ0) is 19.8. The molecule has 0 unspecified atom stereocenters. The van der Waals surface area contributed by atoms with Gasteiger partial charge >= 0.3 is 0 Å². The van der Waals surface area contributed by atoms with Crippen LogP contribution in [0, 0.1) is 5.92 Å². The van der Waals surface area contributed by atoms with Gasteiger partial charge in [-0.15, -0.1) is 0 Å². The lowest BCUT2D eigenvalue weighted by Gasteiger charge is -2.50. The summed E-state index contributed by atoms with van der Waals surface area (Å²) in [5, 5.41) is 0. The number of piperidine rings is 1. The number of likely N-dealkylation sites (tertiary alicyclic amines) is 1. The van der Waals surface area contributed by atoms with E-state index in [9.17, 15) is 4.79 Å². The molecule has 7 heteroatoms. The maximum Gasteiger partial charge on any atom is 0.226 e. The second-order valence-electron chi connectivity index (χ2n) is 9.01. The van der Waals surface area contributed by atoms with E-state index in [1.54, 1.807) is 0 Å². The summed E-state index contributed by atoms with van der Waals surface area (Å²) in [6.07, 6.45) is 12.1. The molecule has 2 aromatic rings. The Labute approximate surface area is 172 Å². The van der Waals surface area contributed by atoms with Crippen LogP contribution in [-0.4, -0.2) is 55.3 Å². The van der Waals surface area contributed by atoms with Gasteiger partial charge in [-0.25, -0.2) is 9.97 Å². The van der Waals surface area contributed by atoms with E-state index < -0.39 is 0 Å². The third kappa shape index (κ3) is 3.50. The molecule has 156 valence electrons. The number of aryl methyl sites for hydroxylation is 1. The van der Waals surface area contributed by atoms with E-state index in [0.29, 0.717) is 5.91 Å². The summed E-state index contributed by atoms with van der Waals surface area (Å²) < 4.78 is 0. The van der Waals surface area contributed by atoms with Crippen molar-refractivity contribution in [3.63, 3.8) is 0 Å². The molecule has 1 saturated heterocycles. The predicted molar refractivity (Wildman–Crippen MR) is 110 cm³/mol. The van der Waals surface area contributed by atoms with Crippen LogP contribution in [0.25, 0.3) is 0 Å². The summed E-state index contributed by atoms with van der Waals surface area (Å²) >= 11 is 0. The Bertz CT molecular complexity index is 858. The van der Waals surface area contributed by atoms with Crippen molar-refractivity contribution in [1.29, 1.82) is 0 Å². The average molecular weight is 397 g/mol. The van der Waals surface area contributed by atoms with Gasteiger partial charge in [0, 0.05) is 62.5 Å². The zero-order valence-electron chi connectivity index (χ0n) is 17.4. The summed E-state index contributed by atoms with van der Waals surface area (Å²) in [5.41, 5.74) is 3.33. The molecule has 0 bridgehead atoms. The van der Waals surface area contributed by atoms with Gasteiger partial charge in [0.05, 0.1) is 17.6 Å². The minimum absolute atomic E-state index is 0.218. The second kappa shape index (κ2) is 7.59. The quantitative estimate of drug-likeness (QED) is 0.787. The van der Waals surface area contributed by atoms with Crippen molar-refractivity contribution < 1.29 is 4.79 Å². The van der Waals surface area contributed by atoms with Crippen LogP contribution in [0.15, 0.2) is 12.5 Å². The highest BCUT2D eigenvalue weighted by atomic mass is 16.2. The largest absolute Gasteiger partial charge is 0.348 e. The number of nitrogens with zero attached hydrogens (tertiary/aromatic N) is 4. The average Bonchev–Trinajstić information content (AvgIpc) is 3.30. The van der Waals surface area contributed by atoms with Crippen molar-refractivity contribution in [2.45, 2.75) is 70.4 Å². The lowest BCUT2D eigenvalue weighted by molar-refractivity contribution is -0.143. The van der Waals surface area contributed by atoms with Crippen molar-refractivity contribution in [2.24, 2.45) is 5.92 Å². The topological polar surface area (TPSA) is 80.9 Å². The Morgan fingerprint density at radius 2 is 2.07 bits per heavy atom. The first kappa shape index (κ1) is 18.9. The Kier molecular flexibility index (Phi) is 4.94. The van der Waals surface area contributed by atoms with Gasteiger partial charge in [-0.1, -0.05) is 13.3 Å². The normalized spacial score (nSPS) is 21.5. The number of unbranched alkanes of at least 4 members (excludes halogenated alkanes) is 1. The molecule has 0 radical (unpaired) electrons. The summed E-state index contributed by atoms with van der Waals surface area (Å²) in [6.45, 7) is 5.89. The highest BCUT2D eigenvalue weighted by molar-refractivity contribution is 5.82. The molecule has 1 aliphatic carbocycles. The number of hydrogen-bond acceptors (Lipinski definition) is 4. The van der Waals surface area contributed by atoms with E-state index in [1.807, 2.05) is 12.5 Å². The van der Waals surface area contributed by atoms with E-state index in [2.05, 4.69) is 31.7 Å². The Balaban J connectivity index is 1.29. The van der Waals surface area contributed by atoms with Crippen molar-refractivity contribution >= 4 is 5.91 Å². The van der Waals surface area contributed by atoms with E-state index in [-0.39, 0.29) is 11.5 Å². The van der Waals surface area contributed by atoms with Gasteiger partial charge in [-0.05, 0) is 32.1 Å². The molecule has 7 nitrogen and oxygen atoms in total. The summed E-state index contributed by atoms with van der Waals surface area (Å²) in [7, 11) is 0. The number of amides is 1. The van der Waals surface area contributed by atoms with Crippen LogP contribution in [-0.2, 0) is 29.7 Å². The first-order chi connectivity index (χ1) is 14.2. The van der Waals surface area contributed by atoms with Crippen LogP contribution in [0.4, 0.5) is 0 Å². The van der Waals surface area contributed by atoms with Gasteiger partial charge in [-0.2, -0.15) is 0 Å². The molecule has 0 aromatic carbocycles. The van der Waals surface area contributed by atoms with E-state index >= 15 is 0 Å². The number of nitrogens with one attached hydrogen (secondary N) is 2. The predicted octanol–water partition coefficient (Wildman–Crippen LogP) is 2.76. The zero-order valence-corrected chi connectivity index (χ0v) is 17.4. The van der Waals surface area contributed by atoms with Crippen LogP contribution in [0.2, 0.25) is 0 Å². The molecule has 1 amide bonds. The van der Waals surface area contributed by atoms with Crippen molar-refractivity contribution in [3.05, 3.63) is 35.4 Å². The van der Waals surface area contributed by atoms with Crippen LogP contribution in [0.1, 0.15) is 68.4 Å². The van der Waals surface area contributed by atoms with Gasteiger partial charge in [0.1, 0.15) is 5.82 Å². The molecule has 29 heavy (non-hydrogen) atoms. The van der Waals surface area contributed by atoms with Gasteiger partial charge in [0.15, 0.2) is 0 Å². The van der Waals surface area contributed by atoms with Crippen LogP contribution >= 0.6 is 0 Å². The molecule has 5 rings (SSSR count). The van der Waals surface area contributed by atoms with Gasteiger partial charge in [0.2, 0.25) is 5.91 Å². The molecule has 2 N–H and O–H groups in total. The minimum atomic E-state index is -0.218. The maximum absolute atomic E-state index is 13.1. The van der Waals surface area contributed by atoms with Gasteiger partial charge < -0.3 is 14.9 Å². The highest BCUT2D eigenvalue weighted by Gasteiger charge is 2.50. The molecule has 3 aliphatic rings. The van der Waals surface area contributed by atoms with E-state index in [1.165, 1.54) is 24.2 Å². The number of rotatable bonds is 6. The molecular formula is C22H32N6O. The standard InChI is InChI=1S/C22H32N6O/c1-2-3-4-19-23-13-17(26-19)14-27-11-8-22(9-12-27)20-18(24-15-25-20)7-10-28(22)21(29)16-5-6-16/h13,15-16H,2-12,14H2,1H3,(H,23,26)(H,24,25). The van der Waals surface area contributed by atoms with Crippen molar-refractivity contribution in [3.8, 4) is 0 Å². The number of aromatic amines is 2. The molecule has 0 atom stereocenters. The number of carbonyl (C=O) groups is 1. The molecule has 2 aromatic heterocycles. The number of H-pyrrole nitrogens is 2. The number of carbonyl (C=O) groups excluding carboxylic acids is 1. The second-order valence-corrected chi connectivity index (χ2v) is 9.01. The van der Waals surface area contributed by atoms with Crippen LogP contribution in [0.5, 0.6) is 0 Å². The van der Waals surface area contributed by atoms with Crippen molar-refractivity contribution in [2.75, 3.05) is 19.6 Å².